The van der Waals surface area contributed by atoms with Gasteiger partial charge < -0.3 is 0 Å². The molecule has 0 saturated carbocycles. The van der Waals surface area contributed by atoms with Crippen molar-refractivity contribution in [1.29, 1.82) is 5.26 Å². The van der Waals surface area contributed by atoms with Crippen molar-refractivity contribution in [3.8, 4) is 17.3 Å². The molecule has 2 rings (SSSR count). The molecule has 0 radical (unpaired) electrons. The van der Waals surface area contributed by atoms with Crippen LogP contribution in [0.4, 0.5) is 4.39 Å². The number of hydrogen-bond acceptors (Lipinski definition) is 2. The van der Waals surface area contributed by atoms with Gasteiger partial charge in [0, 0.05) is 11.8 Å². The van der Waals surface area contributed by atoms with Gasteiger partial charge in [-0.2, -0.15) is 5.26 Å². The van der Waals surface area contributed by atoms with E-state index in [4.69, 9.17) is 40.1 Å². The van der Waals surface area contributed by atoms with Crippen molar-refractivity contribution in [2.24, 2.45) is 0 Å². The predicted molar refractivity (Wildman–Crippen MR) is 74.0 cm³/mol. The highest BCUT2D eigenvalue weighted by Crippen LogP contribution is 2.35. The SMILES string of the molecule is N#CCc1cnc(-c2cc(Cl)c(Cl)cc2Cl)c(F)c1. The Labute approximate surface area is 124 Å². The van der Waals surface area contributed by atoms with Gasteiger partial charge in [0.15, 0.2) is 0 Å². The van der Waals surface area contributed by atoms with Crippen molar-refractivity contribution in [2.45, 2.75) is 6.42 Å². The molecule has 0 aliphatic rings. The van der Waals surface area contributed by atoms with E-state index < -0.39 is 5.82 Å². The van der Waals surface area contributed by atoms with Crippen LogP contribution in [0.5, 0.6) is 0 Å². The van der Waals surface area contributed by atoms with Crippen molar-refractivity contribution in [2.75, 3.05) is 0 Å². The van der Waals surface area contributed by atoms with E-state index in [2.05, 4.69) is 4.98 Å². The third-order valence-corrected chi connectivity index (χ3v) is 3.48. The Morgan fingerprint density at radius 2 is 1.79 bits per heavy atom. The van der Waals surface area contributed by atoms with Crippen LogP contribution < -0.4 is 0 Å². The van der Waals surface area contributed by atoms with Gasteiger partial charge >= 0.3 is 0 Å². The van der Waals surface area contributed by atoms with E-state index >= 15 is 0 Å². The van der Waals surface area contributed by atoms with Crippen molar-refractivity contribution < 1.29 is 4.39 Å². The molecule has 2 aromatic rings. The van der Waals surface area contributed by atoms with Gasteiger partial charge in [-0.1, -0.05) is 34.8 Å². The molecule has 6 heteroatoms. The molecule has 96 valence electrons. The first-order valence-electron chi connectivity index (χ1n) is 5.19. The minimum atomic E-state index is -0.562. The standard InChI is InChI=1S/C13H6Cl3FN2/c14-9-5-11(16)10(15)4-8(9)13-12(17)3-7(1-2-18)6-19-13/h3-6H,1H2. The summed E-state index contributed by atoms with van der Waals surface area (Å²) in [7, 11) is 0. The highest BCUT2D eigenvalue weighted by molar-refractivity contribution is 6.44. The van der Waals surface area contributed by atoms with Crippen molar-refractivity contribution >= 4 is 34.8 Å². The molecule has 0 saturated heterocycles. The summed E-state index contributed by atoms with van der Waals surface area (Å²) in [5.41, 5.74) is 0.933. The number of nitrogens with zero attached hydrogens (tertiary/aromatic N) is 2. The first-order chi connectivity index (χ1) is 9.02. The van der Waals surface area contributed by atoms with E-state index in [1.54, 1.807) is 0 Å². The predicted octanol–water partition coefficient (Wildman–Crippen LogP) is 4.91. The maximum atomic E-state index is 14.0. The van der Waals surface area contributed by atoms with Crippen LogP contribution in [-0.2, 0) is 6.42 Å². The highest BCUT2D eigenvalue weighted by atomic mass is 35.5. The van der Waals surface area contributed by atoms with E-state index in [1.807, 2.05) is 6.07 Å². The van der Waals surface area contributed by atoms with Gasteiger partial charge in [0.2, 0.25) is 0 Å². The lowest BCUT2D eigenvalue weighted by Crippen LogP contribution is -1.94. The Bertz CT molecular complexity index is 680. The van der Waals surface area contributed by atoms with Crippen molar-refractivity contribution in [3.05, 3.63) is 50.8 Å². The molecule has 1 aromatic heterocycles. The zero-order valence-corrected chi connectivity index (χ0v) is 11.7. The Morgan fingerprint density at radius 3 is 2.42 bits per heavy atom. The third-order valence-electron chi connectivity index (χ3n) is 2.45. The van der Waals surface area contributed by atoms with Gasteiger partial charge in [-0.25, -0.2) is 4.39 Å². The molecule has 0 N–H and O–H groups in total. The van der Waals surface area contributed by atoms with Crippen molar-refractivity contribution in [3.63, 3.8) is 0 Å². The topological polar surface area (TPSA) is 36.7 Å². The van der Waals surface area contributed by atoms with Gasteiger partial charge in [-0.3, -0.25) is 4.98 Å². The number of rotatable bonds is 2. The maximum absolute atomic E-state index is 14.0. The lowest BCUT2D eigenvalue weighted by molar-refractivity contribution is 0.624. The number of aromatic nitrogens is 1. The van der Waals surface area contributed by atoms with E-state index in [1.165, 1.54) is 24.4 Å². The summed E-state index contributed by atoms with van der Waals surface area (Å²) in [5, 5.41) is 9.37. The molecule has 0 spiro atoms. The second-order valence-electron chi connectivity index (χ2n) is 3.76. The lowest BCUT2D eigenvalue weighted by Gasteiger charge is -2.07. The maximum Gasteiger partial charge on any atom is 0.149 e. The van der Waals surface area contributed by atoms with Gasteiger partial charge in [0.25, 0.3) is 0 Å². The van der Waals surface area contributed by atoms with E-state index in [0.717, 1.165) is 0 Å². The molecule has 2 nitrogen and oxygen atoms in total. The average molecular weight is 316 g/mol. The van der Waals surface area contributed by atoms with Crippen LogP contribution in [0.25, 0.3) is 11.3 Å². The first kappa shape index (κ1) is 14.1. The van der Waals surface area contributed by atoms with Crippen LogP contribution in [0, 0.1) is 17.1 Å². The Balaban J connectivity index is 2.54. The normalized spacial score (nSPS) is 10.3. The fourth-order valence-corrected chi connectivity index (χ4v) is 2.20. The summed E-state index contributed by atoms with van der Waals surface area (Å²) in [6.45, 7) is 0. The van der Waals surface area contributed by atoms with Crippen LogP contribution in [0.1, 0.15) is 5.56 Å². The Hall–Kier alpha value is -1.34. The van der Waals surface area contributed by atoms with Crippen LogP contribution >= 0.6 is 34.8 Å². The van der Waals surface area contributed by atoms with E-state index in [0.29, 0.717) is 11.1 Å². The average Bonchev–Trinajstić information content (AvgIpc) is 2.35. The molecule has 0 amide bonds. The third kappa shape index (κ3) is 2.98. The second-order valence-corrected chi connectivity index (χ2v) is 4.98. The van der Waals surface area contributed by atoms with Gasteiger partial charge in [0.1, 0.15) is 11.5 Å². The zero-order chi connectivity index (χ0) is 14.0. The smallest absolute Gasteiger partial charge is 0.149 e. The monoisotopic (exact) mass is 314 g/mol. The van der Waals surface area contributed by atoms with Crippen LogP contribution in [0.3, 0.4) is 0 Å². The molecule has 0 aliphatic heterocycles. The minimum Gasteiger partial charge on any atom is -0.253 e. The van der Waals surface area contributed by atoms with Crippen molar-refractivity contribution in [1.82, 2.24) is 4.98 Å². The zero-order valence-electron chi connectivity index (χ0n) is 9.42. The van der Waals surface area contributed by atoms with E-state index in [-0.39, 0.29) is 27.2 Å². The molecule has 19 heavy (non-hydrogen) atoms. The first-order valence-corrected chi connectivity index (χ1v) is 6.32. The number of halogens is 4. The molecular weight excluding hydrogens is 310 g/mol. The molecule has 1 aromatic carbocycles. The van der Waals surface area contributed by atoms with Gasteiger partial charge in [-0.15, -0.1) is 0 Å². The molecule has 0 atom stereocenters. The summed E-state index contributed by atoms with van der Waals surface area (Å²) in [5.74, 6) is -0.562. The molecular formula is C13H6Cl3FN2. The summed E-state index contributed by atoms with van der Waals surface area (Å²) >= 11 is 17.7. The second kappa shape index (κ2) is 5.75. The van der Waals surface area contributed by atoms with Gasteiger partial charge in [-0.05, 0) is 23.8 Å². The van der Waals surface area contributed by atoms with E-state index in [9.17, 15) is 4.39 Å². The quantitative estimate of drug-likeness (QED) is 0.738. The lowest BCUT2D eigenvalue weighted by atomic mass is 10.1. The minimum absolute atomic E-state index is 0.0743. The molecule has 0 bridgehead atoms. The Kier molecular flexibility index (Phi) is 4.26. The molecule has 0 unspecified atom stereocenters. The highest BCUT2D eigenvalue weighted by Gasteiger charge is 2.14. The fraction of sp³-hybridized carbons (Fsp3) is 0.0769. The van der Waals surface area contributed by atoms with Gasteiger partial charge in [0.05, 0.1) is 27.6 Å². The number of pyridine rings is 1. The molecule has 0 fully saturated rings. The number of nitriles is 1. The summed E-state index contributed by atoms with van der Waals surface area (Å²) in [6.07, 6.45) is 1.53. The van der Waals surface area contributed by atoms with Crippen LogP contribution in [0.15, 0.2) is 24.4 Å². The van der Waals surface area contributed by atoms with Crippen LogP contribution in [0.2, 0.25) is 15.1 Å². The summed E-state index contributed by atoms with van der Waals surface area (Å²) in [6, 6.07) is 6.08. The summed E-state index contributed by atoms with van der Waals surface area (Å²) in [4.78, 5) is 3.99. The Morgan fingerprint density at radius 1 is 1.11 bits per heavy atom. The van der Waals surface area contributed by atoms with Crippen LogP contribution in [-0.4, -0.2) is 4.98 Å². The molecule has 0 aliphatic carbocycles. The largest absolute Gasteiger partial charge is 0.253 e. The number of benzene rings is 1. The molecule has 1 heterocycles. The summed E-state index contributed by atoms with van der Waals surface area (Å²) < 4.78 is 14.0. The number of hydrogen-bond donors (Lipinski definition) is 0. The fourth-order valence-electron chi connectivity index (χ4n) is 1.57.